The predicted molar refractivity (Wildman–Crippen MR) is 127 cm³/mol. The molecule has 2 heterocycles. The topological polar surface area (TPSA) is 64.5 Å². The SMILES string of the molecule is COc1ccc(CN(C(=O)c2nc(C)sc2-c2ccccc2)c2ccccn2)cc1OC. The van der Waals surface area contributed by atoms with Crippen LogP contribution in [0.15, 0.2) is 72.9 Å². The first kappa shape index (κ1) is 21.5. The largest absolute Gasteiger partial charge is 0.493 e. The number of carbonyl (C=O) groups is 1. The zero-order valence-electron chi connectivity index (χ0n) is 18.1. The Hall–Kier alpha value is -3.71. The number of amides is 1. The van der Waals surface area contributed by atoms with Gasteiger partial charge in [0.1, 0.15) is 11.5 Å². The zero-order valence-corrected chi connectivity index (χ0v) is 18.9. The Labute approximate surface area is 191 Å². The molecule has 0 aliphatic heterocycles. The van der Waals surface area contributed by atoms with Gasteiger partial charge in [0.2, 0.25) is 0 Å². The molecule has 0 fully saturated rings. The van der Waals surface area contributed by atoms with E-state index in [-0.39, 0.29) is 5.91 Å². The lowest BCUT2D eigenvalue weighted by molar-refractivity contribution is 0.0980. The Morgan fingerprint density at radius 1 is 0.969 bits per heavy atom. The van der Waals surface area contributed by atoms with Crippen molar-refractivity contribution in [1.82, 2.24) is 9.97 Å². The summed E-state index contributed by atoms with van der Waals surface area (Å²) in [6.07, 6.45) is 1.68. The molecule has 2 aromatic heterocycles. The van der Waals surface area contributed by atoms with Gasteiger partial charge in [-0.25, -0.2) is 9.97 Å². The first-order valence-electron chi connectivity index (χ1n) is 10.1. The molecule has 0 aliphatic rings. The van der Waals surface area contributed by atoms with Gasteiger partial charge in [0.15, 0.2) is 11.5 Å². The molecule has 0 aliphatic carbocycles. The van der Waals surface area contributed by atoms with Crippen molar-refractivity contribution in [3.63, 3.8) is 0 Å². The maximum absolute atomic E-state index is 13.8. The van der Waals surface area contributed by atoms with E-state index in [9.17, 15) is 4.79 Å². The third-order valence-electron chi connectivity index (χ3n) is 4.93. The molecule has 0 bridgehead atoms. The van der Waals surface area contributed by atoms with Crippen molar-refractivity contribution < 1.29 is 14.3 Å². The summed E-state index contributed by atoms with van der Waals surface area (Å²) in [5.41, 5.74) is 2.27. The molecular formula is C25H23N3O3S. The van der Waals surface area contributed by atoms with E-state index in [2.05, 4.69) is 9.97 Å². The molecule has 2 aromatic carbocycles. The minimum Gasteiger partial charge on any atom is -0.493 e. The Kier molecular flexibility index (Phi) is 6.47. The summed E-state index contributed by atoms with van der Waals surface area (Å²) in [7, 11) is 3.18. The maximum atomic E-state index is 13.8. The van der Waals surface area contributed by atoms with Crippen LogP contribution in [-0.4, -0.2) is 30.1 Å². The normalized spacial score (nSPS) is 10.6. The van der Waals surface area contributed by atoms with Crippen LogP contribution >= 0.6 is 11.3 Å². The molecule has 0 N–H and O–H groups in total. The van der Waals surface area contributed by atoms with E-state index in [0.29, 0.717) is 29.6 Å². The van der Waals surface area contributed by atoms with Gasteiger partial charge in [-0.15, -0.1) is 11.3 Å². The Morgan fingerprint density at radius 2 is 1.72 bits per heavy atom. The van der Waals surface area contributed by atoms with Crippen molar-refractivity contribution in [2.45, 2.75) is 13.5 Å². The summed E-state index contributed by atoms with van der Waals surface area (Å²) in [5.74, 6) is 1.58. The average Bonchev–Trinajstić information content (AvgIpc) is 3.24. The second-order valence-corrected chi connectivity index (χ2v) is 8.25. The van der Waals surface area contributed by atoms with Crippen LogP contribution in [-0.2, 0) is 6.54 Å². The van der Waals surface area contributed by atoms with E-state index < -0.39 is 0 Å². The molecule has 0 saturated carbocycles. The van der Waals surface area contributed by atoms with Crippen molar-refractivity contribution in [2.75, 3.05) is 19.1 Å². The highest BCUT2D eigenvalue weighted by atomic mass is 32.1. The fraction of sp³-hybridized carbons (Fsp3) is 0.160. The number of nitrogens with zero attached hydrogens (tertiary/aromatic N) is 3. The third kappa shape index (κ3) is 4.48. The molecule has 7 heteroatoms. The number of hydrogen-bond donors (Lipinski definition) is 0. The monoisotopic (exact) mass is 445 g/mol. The second kappa shape index (κ2) is 9.62. The molecule has 6 nitrogen and oxygen atoms in total. The summed E-state index contributed by atoms with van der Waals surface area (Å²) in [4.78, 5) is 25.3. The Bertz CT molecular complexity index is 1210. The molecule has 162 valence electrons. The van der Waals surface area contributed by atoms with E-state index >= 15 is 0 Å². The molecule has 1 amide bonds. The molecule has 0 unspecified atom stereocenters. The number of aromatic nitrogens is 2. The van der Waals surface area contributed by atoms with Crippen LogP contribution in [0.25, 0.3) is 10.4 Å². The van der Waals surface area contributed by atoms with Crippen molar-refractivity contribution >= 4 is 23.1 Å². The van der Waals surface area contributed by atoms with Gasteiger partial charge in [0, 0.05) is 6.20 Å². The standard InChI is InChI=1S/C25H23N3O3S/c1-17-27-23(24(32-17)19-9-5-4-6-10-19)25(29)28(22-11-7-8-14-26-22)16-18-12-13-20(30-2)21(15-18)31-3/h4-15H,16H2,1-3H3. The molecular weight excluding hydrogens is 422 g/mol. The van der Waals surface area contributed by atoms with Crippen molar-refractivity contribution in [3.05, 3.63) is 89.2 Å². The number of rotatable bonds is 7. The van der Waals surface area contributed by atoms with E-state index in [1.165, 1.54) is 11.3 Å². The van der Waals surface area contributed by atoms with Crippen molar-refractivity contribution in [3.8, 4) is 21.9 Å². The molecule has 4 rings (SSSR count). The lowest BCUT2D eigenvalue weighted by Crippen LogP contribution is -2.31. The summed E-state index contributed by atoms with van der Waals surface area (Å²) < 4.78 is 10.8. The summed E-state index contributed by atoms with van der Waals surface area (Å²) in [6, 6.07) is 21.0. The van der Waals surface area contributed by atoms with Crippen LogP contribution in [0.4, 0.5) is 5.82 Å². The molecule has 0 spiro atoms. The van der Waals surface area contributed by atoms with Crippen LogP contribution in [0, 0.1) is 6.92 Å². The van der Waals surface area contributed by atoms with Gasteiger partial charge in [0.05, 0.1) is 30.6 Å². The average molecular weight is 446 g/mol. The van der Waals surface area contributed by atoms with Gasteiger partial charge >= 0.3 is 0 Å². The number of thiazole rings is 1. The van der Waals surface area contributed by atoms with E-state index in [0.717, 1.165) is 21.0 Å². The maximum Gasteiger partial charge on any atom is 0.279 e. The van der Waals surface area contributed by atoms with Crippen molar-refractivity contribution in [1.29, 1.82) is 0 Å². The first-order valence-corrected chi connectivity index (χ1v) is 10.9. The van der Waals surface area contributed by atoms with Gasteiger partial charge in [-0.2, -0.15) is 0 Å². The lowest BCUT2D eigenvalue weighted by Gasteiger charge is -2.22. The zero-order chi connectivity index (χ0) is 22.5. The molecule has 0 saturated heterocycles. The van der Waals surface area contributed by atoms with Crippen molar-refractivity contribution in [2.24, 2.45) is 0 Å². The summed E-state index contributed by atoms with van der Waals surface area (Å²) in [5, 5.41) is 0.833. The second-order valence-electron chi connectivity index (χ2n) is 7.05. The smallest absolute Gasteiger partial charge is 0.279 e. The minimum atomic E-state index is -0.207. The van der Waals surface area contributed by atoms with Gasteiger partial charge in [-0.3, -0.25) is 9.69 Å². The quantitative estimate of drug-likeness (QED) is 0.382. The van der Waals surface area contributed by atoms with Crippen LogP contribution < -0.4 is 14.4 Å². The van der Waals surface area contributed by atoms with Crippen LogP contribution in [0.2, 0.25) is 0 Å². The highest BCUT2D eigenvalue weighted by Gasteiger charge is 2.26. The highest BCUT2D eigenvalue weighted by molar-refractivity contribution is 7.15. The number of pyridine rings is 1. The van der Waals surface area contributed by atoms with Crippen LogP contribution in [0.1, 0.15) is 21.1 Å². The predicted octanol–water partition coefficient (Wildman–Crippen LogP) is 5.38. The number of anilines is 1. The number of aryl methyl sites for hydroxylation is 1. The fourth-order valence-corrected chi connectivity index (χ4v) is 4.33. The fourth-order valence-electron chi connectivity index (χ4n) is 3.42. The van der Waals surface area contributed by atoms with Gasteiger partial charge in [0.25, 0.3) is 5.91 Å². The van der Waals surface area contributed by atoms with Gasteiger partial charge in [-0.05, 0) is 42.3 Å². The lowest BCUT2D eigenvalue weighted by atomic mass is 10.1. The number of ether oxygens (including phenoxy) is 2. The highest BCUT2D eigenvalue weighted by Crippen LogP contribution is 2.33. The third-order valence-corrected chi connectivity index (χ3v) is 5.95. The van der Waals surface area contributed by atoms with E-state index in [1.807, 2.05) is 73.7 Å². The molecule has 4 aromatic rings. The van der Waals surface area contributed by atoms with Crippen LogP contribution in [0.5, 0.6) is 11.5 Å². The van der Waals surface area contributed by atoms with Gasteiger partial charge in [-0.1, -0.05) is 42.5 Å². The minimum absolute atomic E-state index is 0.207. The van der Waals surface area contributed by atoms with Gasteiger partial charge < -0.3 is 9.47 Å². The molecule has 0 atom stereocenters. The van der Waals surface area contributed by atoms with E-state index in [4.69, 9.17) is 9.47 Å². The number of carbonyl (C=O) groups excluding carboxylic acids is 1. The summed E-state index contributed by atoms with van der Waals surface area (Å²) >= 11 is 1.51. The Balaban J connectivity index is 1.75. The van der Waals surface area contributed by atoms with E-state index in [1.54, 1.807) is 25.3 Å². The summed E-state index contributed by atoms with van der Waals surface area (Å²) in [6.45, 7) is 2.22. The number of benzene rings is 2. The van der Waals surface area contributed by atoms with Crippen LogP contribution in [0.3, 0.4) is 0 Å². The first-order chi connectivity index (χ1) is 15.6. The number of hydrogen-bond acceptors (Lipinski definition) is 6. The Morgan fingerprint density at radius 3 is 2.41 bits per heavy atom. The number of methoxy groups -OCH3 is 2. The molecule has 32 heavy (non-hydrogen) atoms. The molecule has 0 radical (unpaired) electrons.